The zero-order chi connectivity index (χ0) is 9.72. The van der Waals surface area contributed by atoms with Gasteiger partial charge in [-0.25, -0.2) is 0 Å². The second kappa shape index (κ2) is 5.41. The second-order valence-corrected chi connectivity index (χ2v) is 4.15. The molecule has 0 aliphatic rings. The predicted octanol–water partition coefficient (Wildman–Crippen LogP) is 2.59. The van der Waals surface area contributed by atoms with Gasteiger partial charge in [0.1, 0.15) is 5.38 Å². The summed E-state index contributed by atoms with van der Waals surface area (Å²) in [6.07, 6.45) is 0.855. The van der Waals surface area contributed by atoms with Crippen LogP contribution in [0.2, 0.25) is 0 Å². The molecule has 0 fully saturated rings. The first kappa shape index (κ1) is 11.8. The largest absolute Gasteiger partial charge is 0.462 e. The highest BCUT2D eigenvalue weighted by Gasteiger charge is 2.15. The van der Waals surface area contributed by atoms with Crippen LogP contribution in [0.1, 0.15) is 34.1 Å². The van der Waals surface area contributed by atoms with Crippen LogP contribution in [0.5, 0.6) is 0 Å². The first-order valence-corrected chi connectivity index (χ1v) is 4.71. The molecular formula is C9H17ClO2. The van der Waals surface area contributed by atoms with E-state index in [4.69, 9.17) is 16.3 Å². The molecule has 0 amide bonds. The van der Waals surface area contributed by atoms with Crippen molar-refractivity contribution >= 4 is 17.6 Å². The first-order valence-electron chi connectivity index (χ1n) is 4.28. The minimum absolute atomic E-state index is 0.0290. The number of carbonyl (C=O) groups excluding carboxylic acids is 1. The highest BCUT2D eigenvalue weighted by molar-refractivity contribution is 6.29. The van der Waals surface area contributed by atoms with Crippen molar-refractivity contribution in [2.75, 3.05) is 0 Å². The molecule has 12 heavy (non-hydrogen) atoms. The van der Waals surface area contributed by atoms with E-state index in [9.17, 15) is 4.79 Å². The van der Waals surface area contributed by atoms with E-state index < -0.39 is 5.38 Å². The first-order chi connectivity index (χ1) is 5.43. The fourth-order valence-corrected chi connectivity index (χ4v) is 1.06. The van der Waals surface area contributed by atoms with Crippen LogP contribution in [0.4, 0.5) is 0 Å². The monoisotopic (exact) mass is 192 g/mol. The Morgan fingerprint density at radius 2 is 1.83 bits per heavy atom. The van der Waals surface area contributed by atoms with Crippen LogP contribution in [-0.2, 0) is 9.53 Å². The molecule has 72 valence electrons. The fraction of sp³-hybridized carbons (Fsp3) is 0.889. The molecule has 0 spiro atoms. The van der Waals surface area contributed by atoms with Crippen molar-refractivity contribution in [1.82, 2.24) is 0 Å². The zero-order valence-corrected chi connectivity index (χ0v) is 8.89. The SMILES string of the molecule is CC(C)CC(C)OC(=O)C(C)Cl. The highest BCUT2D eigenvalue weighted by Crippen LogP contribution is 2.09. The number of halogens is 1. The number of hydrogen-bond donors (Lipinski definition) is 0. The van der Waals surface area contributed by atoms with Crippen LogP contribution in [0.3, 0.4) is 0 Å². The Morgan fingerprint density at radius 1 is 1.33 bits per heavy atom. The van der Waals surface area contributed by atoms with E-state index in [1.54, 1.807) is 6.92 Å². The number of ether oxygens (including phenoxy) is 1. The third-order valence-electron chi connectivity index (χ3n) is 1.45. The molecule has 0 aromatic heterocycles. The summed E-state index contributed by atoms with van der Waals surface area (Å²) in [5.41, 5.74) is 0. The summed E-state index contributed by atoms with van der Waals surface area (Å²) < 4.78 is 5.05. The van der Waals surface area contributed by atoms with E-state index in [-0.39, 0.29) is 12.1 Å². The van der Waals surface area contributed by atoms with Gasteiger partial charge in [-0.05, 0) is 26.2 Å². The van der Waals surface area contributed by atoms with Gasteiger partial charge in [0, 0.05) is 0 Å². The van der Waals surface area contributed by atoms with Gasteiger partial charge in [0.15, 0.2) is 0 Å². The average Bonchev–Trinajstić information content (AvgIpc) is 1.84. The molecule has 0 bridgehead atoms. The Kier molecular flexibility index (Phi) is 5.31. The molecule has 0 aliphatic carbocycles. The Morgan fingerprint density at radius 3 is 2.17 bits per heavy atom. The smallest absolute Gasteiger partial charge is 0.324 e. The van der Waals surface area contributed by atoms with Gasteiger partial charge in [-0.3, -0.25) is 4.79 Å². The molecule has 2 atom stereocenters. The van der Waals surface area contributed by atoms with Crippen molar-refractivity contribution in [2.45, 2.75) is 45.6 Å². The molecule has 2 unspecified atom stereocenters. The maximum Gasteiger partial charge on any atom is 0.324 e. The normalized spacial score (nSPS) is 15.8. The summed E-state index contributed by atoms with van der Waals surface area (Å²) in [4.78, 5) is 11.0. The standard InChI is InChI=1S/C9H17ClO2/c1-6(2)5-7(3)12-9(11)8(4)10/h6-8H,5H2,1-4H3. The molecule has 0 heterocycles. The van der Waals surface area contributed by atoms with Crippen molar-refractivity contribution in [2.24, 2.45) is 5.92 Å². The Balaban J connectivity index is 3.69. The van der Waals surface area contributed by atoms with E-state index in [0.717, 1.165) is 6.42 Å². The van der Waals surface area contributed by atoms with Crippen molar-refractivity contribution in [3.63, 3.8) is 0 Å². The van der Waals surface area contributed by atoms with Crippen molar-refractivity contribution in [3.05, 3.63) is 0 Å². The van der Waals surface area contributed by atoms with Crippen LogP contribution >= 0.6 is 11.6 Å². The topological polar surface area (TPSA) is 26.3 Å². The maximum atomic E-state index is 11.0. The Hall–Kier alpha value is -0.240. The molecule has 2 nitrogen and oxygen atoms in total. The lowest BCUT2D eigenvalue weighted by molar-refractivity contribution is -0.148. The Labute approximate surface area is 79.2 Å². The minimum atomic E-state index is -0.542. The van der Waals surface area contributed by atoms with Crippen LogP contribution in [0.15, 0.2) is 0 Å². The predicted molar refractivity (Wildman–Crippen MR) is 50.3 cm³/mol. The number of rotatable bonds is 4. The van der Waals surface area contributed by atoms with E-state index in [2.05, 4.69) is 13.8 Å². The third kappa shape index (κ3) is 5.42. The molecule has 0 aromatic carbocycles. The van der Waals surface area contributed by atoms with E-state index >= 15 is 0 Å². The number of hydrogen-bond acceptors (Lipinski definition) is 2. The van der Waals surface area contributed by atoms with Gasteiger partial charge < -0.3 is 4.74 Å². The lowest BCUT2D eigenvalue weighted by Crippen LogP contribution is -2.22. The van der Waals surface area contributed by atoms with Crippen molar-refractivity contribution in [3.8, 4) is 0 Å². The lowest BCUT2D eigenvalue weighted by Gasteiger charge is -2.15. The molecule has 0 rings (SSSR count). The number of alkyl halides is 1. The summed E-state index contributed by atoms with van der Waals surface area (Å²) in [6.45, 7) is 7.69. The fourth-order valence-electron chi connectivity index (χ4n) is 1.00. The molecule has 0 saturated heterocycles. The number of esters is 1. The molecule has 3 heteroatoms. The minimum Gasteiger partial charge on any atom is -0.462 e. The van der Waals surface area contributed by atoms with Gasteiger partial charge in [-0.2, -0.15) is 0 Å². The molecular weight excluding hydrogens is 176 g/mol. The van der Waals surface area contributed by atoms with E-state index in [1.807, 2.05) is 6.92 Å². The zero-order valence-electron chi connectivity index (χ0n) is 8.13. The van der Waals surface area contributed by atoms with Crippen LogP contribution < -0.4 is 0 Å². The van der Waals surface area contributed by atoms with Gasteiger partial charge in [-0.15, -0.1) is 11.6 Å². The summed E-state index contributed by atoms with van der Waals surface area (Å²) in [5, 5.41) is -0.542. The second-order valence-electron chi connectivity index (χ2n) is 3.49. The molecule has 0 N–H and O–H groups in total. The average molecular weight is 193 g/mol. The van der Waals surface area contributed by atoms with E-state index in [0.29, 0.717) is 5.92 Å². The summed E-state index contributed by atoms with van der Waals surface area (Å²) in [7, 11) is 0. The van der Waals surface area contributed by atoms with Gasteiger partial charge in [0.05, 0.1) is 6.10 Å². The highest BCUT2D eigenvalue weighted by atomic mass is 35.5. The molecule has 0 saturated carbocycles. The van der Waals surface area contributed by atoms with Gasteiger partial charge in [0.2, 0.25) is 0 Å². The van der Waals surface area contributed by atoms with Crippen molar-refractivity contribution < 1.29 is 9.53 Å². The lowest BCUT2D eigenvalue weighted by atomic mass is 10.1. The summed E-state index contributed by atoms with van der Waals surface area (Å²) in [5.74, 6) is 0.211. The van der Waals surface area contributed by atoms with Crippen LogP contribution in [0.25, 0.3) is 0 Å². The summed E-state index contributed by atoms with van der Waals surface area (Å²) >= 11 is 5.53. The van der Waals surface area contributed by atoms with Crippen LogP contribution in [-0.4, -0.2) is 17.5 Å². The third-order valence-corrected chi connectivity index (χ3v) is 1.62. The molecule has 0 radical (unpaired) electrons. The van der Waals surface area contributed by atoms with Gasteiger partial charge >= 0.3 is 5.97 Å². The van der Waals surface area contributed by atoms with Gasteiger partial charge in [-0.1, -0.05) is 13.8 Å². The maximum absolute atomic E-state index is 11.0. The van der Waals surface area contributed by atoms with Crippen molar-refractivity contribution in [1.29, 1.82) is 0 Å². The summed E-state index contributed by atoms with van der Waals surface area (Å²) in [6, 6.07) is 0. The molecule has 0 aliphatic heterocycles. The molecule has 0 aromatic rings. The quantitative estimate of drug-likeness (QED) is 0.506. The number of carbonyl (C=O) groups is 1. The van der Waals surface area contributed by atoms with Crippen LogP contribution in [0, 0.1) is 5.92 Å². The van der Waals surface area contributed by atoms with E-state index in [1.165, 1.54) is 0 Å². The Bertz CT molecular complexity index is 143. The van der Waals surface area contributed by atoms with Gasteiger partial charge in [0.25, 0.3) is 0 Å².